The average Bonchev–Trinajstić information content (AvgIpc) is 3.10. The SMILES string of the molecule is N/N=C/c1ccc(-c2ccc(-c3cccs3)s2)s1. The Balaban J connectivity index is 1.92. The summed E-state index contributed by atoms with van der Waals surface area (Å²) >= 11 is 5.30. The van der Waals surface area contributed by atoms with E-state index < -0.39 is 0 Å². The van der Waals surface area contributed by atoms with Gasteiger partial charge in [0.1, 0.15) is 0 Å². The zero-order valence-electron chi connectivity index (χ0n) is 9.37. The molecule has 3 rings (SSSR count). The van der Waals surface area contributed by atoms with Gasteiger partial charge in [-0.3, -0.25) is 0 Å². The van der Waals surface area contributed by atoms with E-state index in [-0.39, 0.29) is 0 Å². The van der Waals surface area contributed by atoms with E-state index in [0.29, 0.717) is 0 Å². The molecule has 90 valence electrons. The molecule has 2 N–H and O–H groups in total. The first-order chi connectivity index (χ1) is 8.86. The van der Waals surface area contributed by atoms with E-state index >= 15 is 0 Å². The minimum Gasteiger partial charge on any atom is -0.323 e. The highest BCUT2D eigenvalue weighted by atomic mass is 32.1. The third-order valence-corrected chi connectivity index (χ3v) is 5.81. The summed E-state index contributed by atoms with van der Waals surface area (Å²) < 4.78 is 0. The molecule has 0 aliphatic carbocycles. The average molecular weight is 290 g/mol. The maximum absolute atomic E-state index is 5.16. The van der Waals surface area contributed by atoms with Crippen LogP contribution in [0.2, 0.25) is 0 Å². The molecule has 3 heterocycles. The minimum absolute atomic E-state index is 1.08. The molecule has 5 heteroatoms. The lowest BCUT2D eigenvalue weighted by atomic mass is 10.3. The maximum atomic E-state index is 5.16. The number of hydrogen-bond donors (Lipinski definition) is 1. The van der Waals surface area contributed by atoms with Crippen molar-refractivity contribution in [1.82, 2.24) is 0 Å². The molecule has 0 radical (unpaired) electrons. The second kappa shape index (κ2) is 5.06. The van der Waals surface area contributed by atoms with Gasteiger partial charge in [0.05, 0.1) is 6.21 Å². The summed E-state index contributed by atoms with van der Waals surface area (Å²) in [6, 6.07) is 12.8. The first-order valence-corrected chi connectivity index (χ1v) is 7.85. The zero-order chi connectivity index (χ0) is 12.4. The smallest absolute Gasteiger partial charge is 0.0638 e. The van der Waals surface area contributed by atoms with Crippen molar-refractivity contribution in [1.29, 1.82) is 0 Å². The second-order valence-electron chi connectivity index (χ2n) is 3.62. The molecule has 3 aromatic rings. The largest absolute Gasteiger partial charge is 0.323 e. The van der Waals surface area contributed by atoms with Crippen LogP contribution in [0, 0.1) is 0 Å². The predicted octanol–water partition coefficient (Wildman–Crippen LogP) is 4.50. The van der Waals surface area contributed by atoms with Gasteiger partial charge in [-0.2, -0.15) is 5.10 Å². The predicted molar refractivity (Wildman–Crippen MR) is 82.7 cm³/mol. The van der Waals surface area contributed by atoms with Crippen molar-refractivity contribution in [2.45, 2.75) is 0 Å². The molecule has 0 unspecified atom stereocenters. The third-order valence-electron chi connectivity index (χ3n) is 2.44. The highest BCUT2D eigenvalue weighted by Gasteiger charge is 2.07. The van der Waals surface area contributed by atoms with Crippen LogP contribution < -0.4 is 5.84 Å². The van der Waals surface area contributed by atoms with Crippen molar-refractivity contribution >= 4 is 40.2 Å². The van der Waals surface area contributed by atoms with Gasteiger partial charge in [-0.1, -0.05) is 6.07 Å². The standard InChI is InChI=1S/C13H10N2S3/c14-15-8-9-3-4-12(17-9)13-6-5-11(18-13)10-2-1-7-16-10/h1-8H,14H2/b15-8+. The first-order valence-electron chi connectivity index (χ1n) is 5.34. The van der Waals surface area contributed by atoms with E-state index in [0.717, 1.165) is 4.88 Å². The molecule has 0 aromatic carbocycles. The van der Waals surface area contributed by atoms with Gasteiger partial charge in [-0.25, -0.2) is 0 Å². The lowest BCUT2D eigenvalue weighted by Gasteiger charge is -1.90. The molecule has 0 amide bonds. The van der Waals surface area contributed by atoms with Crippen LogP contribution in [0.4, 0.5) is 0 Å². The van der Waals surface area contributed by atoms with Crippen LogP contribution in [0.1, 0.15) is 4.88 Å². The Kier molecular flexibility index (Phi) is 3.27. The zero-order valence-corrected chi connectivity index (χ0v) is 11.8. The molecule has 0 fully saturated rings. The van der Waals surface area contributed by atoms with Crippen LogP contribution in [-0.4, -0.2) is 6.21 Å². The second-order valence-corrected chi connectivity index (χ2v) is 6.77. The molecule has 0 bridgehead atoms. The van der Waals surface area contributed by atoms with Crippen molar-refractivity contribution < 1.29 is 0 Å². The molecular formula is C13H10N2S3. The molecule has 3 aromatic heterocycles. The Bertz CT molecular complexity index is 662. The summed E-state index contributed by atoms with van der Waals surface area (Å²) in [6.07, 6.45) is 1.68. The van der Waals surface area contributed by atoms with Crippen LogP contribution in [0.25, 0.3) is 19.5 Å². The van der Waals surface area contributed by atoms with Crippen LogP contribution in [0.3, 0.4) is 0 Å². The Morgan fingerprint density at radius 1 is 0.889 bits per heavy atom. The van der Waals surface area contributed by atoms with Gasteiger partial charge in [0, 0.05) is 24.4 Å². The molecule has 0 spiro atoms. The van der Waals surface area contributed by atoms with E-state index in [9.17, 15) is 0 Å². The Hall–Kier alpha value is -1.43. The topological polar surface area (TPSA) is 38.4 Å². The molecule has 0 aliphatic heterocycles. The molecule has 0 saturated heterocycles. The van der Waals surface area contributed by atoms with Gasteiger partial charge in [-0.05, 0) is 35.7 Å². The fraction of sp³-hybridized carbons (Fsp3) is 0. The number of hydrogen-bond acceptors (Lipinski definition) is 5. The summed E-state index contributed by atoms with van der Waals surface area (Å²) in [7, 11) is 0. The van der Waals surface area contributed by atoms with Gasteiger partial charge < -0.3 is 5.84 Å². The van der Waals surface area contributed by atoms with Crippen LogP contribution in [0.15, 0.2) is 46.9 Å². The van der Waals surface area contributed by atoms with E-state index in [4.69, 9.17) is 5.84 Å². The van der Waals surface area contributed by atoms with Crippen LogP contribution in [0.5, 0.6) is 0 Å². The minimum atomic E-state index is 1.08. The van der Waals surface area contributed by atoms with Crippen molar-refractivity contribution in [2.24, 2.45) is 10.9 Å². The lowest BCUT2D eigenvalue weighted by molar-refractivity contribution is 1.27. The fourth-order valence-corrected chi connectivity index (χ4v) is 4.47. The Morgan fingerprint density at radius 3 is 2.33 bits per heavy atom. The molecule has 2 nitrogen and oxygen atoms in total. The summed E-state index contributed by atoms with van der Waals surface area (Å²) in [5, 5.41) is 5.66. The molecular weight excluding hydrogens is 280 g/mol. The van der Waals surface area contributed by atoms with E-state index in [1.54, 1.807) is 28.9 Å². The van der Waals surface area contributed by atoms with Crippen molar-refractivity contribution in [3.63, 3.8) is 0 Å². The van der Waals surface area contributed by atoms with E-state index in [2.05, 4.69) is 40.8 Å². The molecule has 0 saturated carbocycles. The number of hydrazone groups is 1. The van der Waals surface area contributed by atoms with Gasteiger partial charge in [0.25, 0.3) is 0 Å². The van der Waals surface area contributed by atoms with Gasteiger partial charge in [-0.15, -0.1) is 34.0 Å². The molecule has 0 atom stereocenters. The number of thiophene rings is 3. The summed E-state index contributed by atoms with van der Waals surface area (Å²) in [6.45, 7) is 0. The Labute approximate surface area is 117 Å². The van der Waals surface area contributed by atoms with Crippen LogP contribution in [-0.2, 0) is 0 Å². The summed E-state index contributed by atoms with van der Waals surface area (Å²) in [4.78, 5) is 6.28. The number of nitrogens with two attached hydrogens (primary N) is 1. The van der Waals surface area contributed by atoms with Crippen molar-refractivity contribution in [3.05, 3.63) is 46.7 Å². The highest BCUT2D eigenvalue weighted by Crippen LogP contribution is 2.38. The van der Waals surface area contributed by atoms with E-state index in [1.807, 2.05) is 17.4 Å². The van der Waals surface area contributed by atoms with E-state index in [1.165, 1.54) is 19.5 Å². The van der Waals surface area contributed by atoms with Crippen molar-refractivity contribution in [2.75, 3.05) is 0 Å². The quantitative estimate of drug-likeness (QED) is 0.430. The summed E-state index contributed by atoms with van der Waals surface area (Å²) in [5.41, 5.74) is 0. The highest BCUT2D eigenvalue weighted by molar-refractivity contribution is 7.26. The fourth-order valence-electron chi connectivity index (χ4n) is 1.65. The Morgan fingerprint density at radius 2 is 1.61 bits per heavy atom. The lowest BCUT2D eigenvalue weighted by Crippen LogP contribution is -1.80. The number of rotatable bonds is 3. The molecule has 0 aliphatic rings. The summed E-state index contributed by atoms with van der Waals surface area (Å²) in [5.74, 6) is 5.16. The monoisotopic (exact) mass is 290 g/mol. The van der Waals surface area contributed by atoms with Gasteiger partial charge >= 0.3 is 0 Å². The number of nitrogens with zero attached hydrogens (tertiary/aromatic N) is 1. The third kappa shape index (κ3) is 2.25. The van der Waals surface area contributed by atoms with Gasteiger partial charge in [0.2, 0.25) is 0 Å². The normalized spacial score (nSPS) is 11.3. The van der Waals surface area contributed by atoms with Gasteiger partial charge in [0.15, 0.2) is 0 Å². The maximum Gasteiger partial charge on any atom is 0.0638 e. The first kappa shape index (κ1) is 11.6. The van der Waals surface area contributed by atoms with Crippen LogP contribution >= 0.6 is 34.0 Å². The van der Waals surface area contributed by atoms with Crippen molar-refractivity contribution in [3.8, 4) is 19.5 Å². The molecule has 18 heavy (non-hydrogen) atoms.